The molecule has 0 amide bonds. The van der Waals surface area contributed by atoms with Gasteiger partial charge in [-0.15, -0.1) is 0 Å². The molecule has 84 valence electrons. The molecule has 2 heterocycles. The Morgan fingerprint density at radius 3 is 2.44 bits per heavy atom. The number of aromatic nitrogens is 3. The first kappa shape index (κ1) is 10.4. The van der Waals surface area contributed by atoms with E-state index >= 15 is 0 Å². The minimum absolute atomic E-state index is 0.175. The van der Waals surface area contributed by atoms with Gasteiger partial charge in [-0.25, -0.2) is 4.79 Å². The molecule has 0 bridgehead atoms. The second-order valence-electron chi connectivity index (χ2n) is 3.71. The summed E-state index contributed by atoms with van der Waals surface area (Å²) in [6, 6.07) is 1.47. The molecule has 0 aromatic carbocycles. The predicted molar refractivity (Wildman–Crippen MR) is 58.8 cm³/mol. The summed E-state index contributed by atoms with van der Waals surface area (Å²) in [7, 11) is 2.95. The second-order valence-corrected chi connectivity index (χ2v) is 3.71. The highest BCUT2D eigenvalue weighted by Crippen LogP contribution is 2.09. The molecule has 16 heavy (non-hydrogen) atoms. The molecular formula is C10H11N3O3. The van der Waals surface area contributed by atoms with Gasteiger partial charge in [-0.05, 0) is 6.07 Å². The van der Waals surface area contributed by atoms with Gasteiger partial charge in [0.25, 0.3) is 5.56 Å². The van der Waals surface area contributed by atoms with Gasteiger partial charge in [0.05, 0.1) is 11.1 Å². The van der Waals surface area contributed by atoms with Crippen LogP contribution < -0.4 is 11.2 Å². The fraction of sp³-hybridized carbons (Fsp3) is 0.300. The predicted octanol–water partition coefficient (Wildman–Crippen LogP) is -0.232. The van der Waals surface area contributed by atoms with Crippen LogP contribution >= 0.6 is 0 Å². The van der Waals surface area contributed by atoms with Gasteiger partial charge in [-0.1, -0.05) is 0 Å². The summed E-state index contributed by atoms with van der Waals surface area (Å²) in [4.78, 5) is 37.3. The number of rotatable bonds is 1. The van der Waals surface area contributed by atoms with E-state index in [0.717, 1.165) is 4.57 Å². The van der Waals surface area contributed by atoms with Gasteiger partial charge < -0.3 is 4.98 Å². The van der Waals surface area contributed by atoms with Crippen molar-refractivity contribution < 1.29 is 4.79 Å². The van der Waals surface area contributed by atoms with Crippen molar-refractivity contribution in [3.05, 3.63) is 32.6 Å². The average Bonchev–Trinajstić information content (AvgIpc) is 2.68. The highest BCUT2D eigenvalue weighted by Gasteiger charge is 2.13. The van der Waals surface area contributed by atoms with Gasteiger partial charge in [0.2, 0.25) is 0 Å². The Bertz CT molecular complexity index is 702. The highest BCUT2D eigenvalue weighted by molar-refractivity contribution is 5.96. The standard InChI is InChI=1S/C10H11N3O3/c1-5(14)7-4-6-8(11-7)12(2)10(16)13(3)9(6)15/h4,11H,1-3H3. The molecule has 0 radical (unpaired) electrons. The molecule has 6 nitrogen and oxygen atoms in total. The van der Waals surface area contributed by atoms with Crippen LogP contribution in [-0.2, 0) is 14.1 Å². The normalized spacial score (nSPS) is 10.9. The number of aromatic amines is 1. The Hall–Kier alpha value is -2.11. The minimum Gasteiger partial charge on any atom is -0.338 e. The zero-order valence-corrected chi connectivity index (χ0v) is 9.20. The maximum absolute atomic E-state index is 11.8. The van der Waals surface area contributed by atoms with Gasteiger partial charge in [0.1, 0.15) is 5.65 Å². The van der Waals surface area contributed by atoms with Crippen molar-refractivity contribution in [2.45, 2.75) is 6.92 Å². The Morgan fingerprint density at radius 2 is 1.88 bits per heavy atom. The molecule has 0 aliphatic carbocycles. The van der Waals surface area contributed by atoms with E-state index in [1.807, 2.05) is 0 Å². The molecule has 0 atom stereocenters. The number of ketones is 1. The SMILES string of the molecule is CC(=O)c1cc2c(=O)n(C)c(=O)n(C)c2[nH]1. The van der Waals surface area contributed by atoms with E-state index in [1.54, 1.807) is 7.05 Å². The van der Waals surface area contributed by atoms with E-state index in [-0.39, 0.29) is 5.78 Å². The van der Waals surface area contributed by atoms with Crippen LogP contribution in [-0.4, -0.2) is 19.9 Å². The number of fused-ring (bicyclic) bond motifs is 1. The topological polar surface area (TPSA) is 76.9 Å². The molecular weight excluding hydrogens is 210 g/mol. The largest absolute Gasteiger partial charge is 0.338 e. The zero-order chi connectivity index (χ0) is 12.0. The molecule has 0 aliphatic rings. The van der Waals surface area contributed by atoms with E-state index in [2.05, 4.69) is 4.98 Å². The first-order valence-corrected chi connectivity index (χ1v) is 4.73. The maximum Gasteiger partial charge on any atom is 0.332 e. The van der Waals surface area contributed by atoms with Gasteiger partial charge >= 0.3 is 5.69 Å². The number of nitrogens with zero attached hydrogens (tertiary/aromatic N) is 2. The average molecular weight is 221 g/mol. The van der Waals surface area contributed by atoms with E-state index in [0.29, 0.717) is 16.7 Å². The van der Waals surface area contributed by atoms with Crippen LogP contribution in [0.3, 0.4) is 0 Å². The van der Waals surface area contributed by atoms with Crippen LogP contribution in [0.15, 0.2) is 15.7 Å². The van der Waals surface area contributed by atoms with Crippen molar-refractivity contribution >= 4 is 16.8 Å². The molecule has 2 rings (SSSR count). The Kier molecular flexibility index (Phi) is 2.08. The fourth-order valence-corrected chi connectivity index (χ4v) is 1.65. The van der Waals surface area contributed by atoms with Gasteiger partial charge in [-0.2, -0.15) is 0 Å². The van der Waals surface area contributed by atoms with Crippen LogP contribution in [0.4, 0.5) is 0 Å². The van der Waals surface area contributed by atoms with Crippen LogP contribution in [0.1, 0.15) is 17.4 Å². The molecule has 0 saturated carbocycles. The zero-order valence-electron chi connectivity index (χ0n) is 9.20. The Labute approximate surface area is 90.1 Å². The molecule has 1 N–H and O–H groups in total. The number of aryl methyl sites for hydroxylation is 1. The number of carbonyl (C=O) groups excluding carboxylic acids is 1. The third-order valence-electron chi connectivity index (χ3n) is 2.62. The lowest BCUT2D eigenvalue weighted by Crippen LogP contribution is -2.36. The monoisotopic (exact) mass is 221 g/mol. The summed E-state index contributed by atoms with van der Waals surface area (Å²) in [5.74, 6) is -0.175. The van der Waals surface area contributed by atoms with Gasteiger partial charge in [0, 0.05) is 21.0 Å². The lowest BCUT2D eigenvalue weighted by Gasteiger charge is -2.02. The number of carbonyl (C=O) groups is 1. The van der Waals surface area contributed by atoms with E-state index < -0.39 is 11.2 Å². The number of hydrogen-bond donors (Lipinski definition) is 1. The number of H-pyrrole nitrogens is 1. The van der Waals surface area contributed by atoms with E-state index in [1.165, 1.54) is 24.6 Å². The van der Waals surface area contributed by atoms with E-state index in [9.17, 15) is 14.4 Å². The van der Waals surface area contributed by atoms with Gasteiger partial charge in [-0.3, -0.25) is 18.7 Å². The van der Waals surface area contributed by atoms with Crippen molar-refractivity contribution in [1.82, 2.24) is 14.1 Å². The van der Waals surface area contributed by atoms with Crippen molar-refractivity contribution in [2.24, 2.45) is 14.1 Å². The van der Waals surface area contributed by atoms with Crippen molar-refractivity contribution in [3.63, 3.8) is 0 Å². The van der Waals surface area contributed by atoms with Gasteiger partial charge in [0.15, 0.2) is 5.78 Å². The molecule has 0 aliphatic heterocycles. The molecule has 0 fully saturated rings. The van der Waals surface area contributed by atoms with Crippen LogP contribution in [0.25, 0.3) is 11.0 Å². The quantitative estimate of drug-likeness (QED) is 0.675. The summed E-state index contributed by atoms with van der Waals surface area (Å²) in [5, 5.41) is 0.342. The number of nitrogens with one attached hydrogen (secondary N) is 1. The van der Waals surface area contributed by atoms with Crippen LogP contribution in [0.2, 0.25) is 0 Å². The van der Waals surface area contributed by atoms with Crippen molar-refractivity contribution in [1.29, 1.82) is 0 Å². The summed E-state index contributed by atoms with van der Waals surface area (Å²) in [6.45, 7) is 1.40. The molecule has 2 aromatic heterocycles. The number of Topliss-reactive ketones (excluding diaryl/α,β-unsaturated/α-hetero) is 1. The summed E-state index contributed by atoms with van der Waals surface area (Å²) < 4.78 is 2.32. The first-order valence-electron chi connectivity index (χ1n) is 4.73. The minimum atomic E-state index is -0.422. The van der Waals surface area contributed by atoms with Crippen LogP contribution in [0, 0.1) is 0 Å². The fourth-order valence-electron chi connectivity index (χ4n) is 1.65. The third-order valence-corrected chi connectivity index (χ3v) is 2.62. The van der Waals surface area contributed by atoms with Crippen molar-refractivity contribution in [2.75, 3.05) is 0 Å². The first-order chi connectivity index (χ1) is 7.43. The molecule has 0 unspecified atom stereocenters. The molecule has 0 spiro atoms. The number of hydrogen-bond acceptors (Lipinski definition) is 3. The molecule has 6 heteroatoms. The van der Waals surface area contributed by atoms with Crippen molar-refractivity contribution in [3.8, 4) is 0 Å². The lowest BCUT2D eigenvalue weighted by atomic mass is 10.3. The van der Waals surface area contributed by atoms with Crippen LogP contribution in [0.5, 0.6) is 0 Å². The smallest absolute Gasteiger partial charge is 0.332 e. The summed E-state index contributed by atoms with van der Waals surface area (Å²) in [6.07, 6.45) is 0. The molecule has 0 saturated heterocycles. The van der Waals surface area contributed by atoms with E-state index in [4.69, 9.17) is 0 Å². The Balaban J connectivity index is 3.04. The molecule has 2 aromatic rings. The summed E-state index contributed by atoms with van der Waals surface area (Å²) in [5.41, 5.74) is -0.122. The maximum atomic E-state index is 11.8. The summed E-state index contributed by atoms with van der Waals surface area (Å²) >= 11 is 0. The lowest BCUT2D eigenvalue weighted by molar-refractivity contribution is 0.101. The third kappa shape index (κ3) is 1.23. The Morgan fingerprint density at radius 1 is 1.25 bits per heavy atom. The highest BCUT2D eigenvalue weighted by atomic mass is 16.2. The second kappa shape index (κ2) is 3.19.